The zero-order valence-electron chi connectivity index (χ0n) is 13.4. The topological polar surface area (TPSA) is 17.1 Å². The van der Waals surface area contributed by atoms with Crippen LogP contribution in [0.25, 0.3) is 0 Å². The van der Waals surface area contributed by atoms with Gasteiger partial charge in [0.1, 0.15) is 0 Å². The highest BCUT2D eigenvalue weighted by molar-refractivity contribution is 7.64. The molecule has 0 aliphatic rings. The summed E-state index contributed by atoms with van der Waals surface area (Å²) in [5.74, 6) is 0.574. The summed E-state index contributed by atoms with van der Waals surface area (Å²) in [4.78, 5) is 0. The molecule has 0 heterocycles. The van der Waals surface area contributed by atoms with Crippen molar-refractivity contribution < 1.29 is 4.57 Å². The van der Waals surface area contributed by atoms with Crippen molar-refractivity contribution in [2.24, 2.45) is 5.92 Å². The summed E-state index contributed by atoms with van der Waals surface area (Å²) < 4.78 is 13.0. The first-order valence-electron chi connectivity index (χ1n) is 8.04. The Balaban J connectivity index is 4.06. The molecule has 0 aromatic rings. The molecule has 0 bridgehead atoms. The van der Waals surface area contributed by atoms with Gasteiger partial charge < -0.3 is 4.57 Å². The molecule has 1 nitrogen and oxygen atoms in total. The molecule has 0 amide bonds. The van der Waals surface area contributed by atoms with E-state index in [9.17, 15) is 4.57 Å². The molecule has 0 radical (unpaired) electrons. The van der Waals surface area contributed by atoms with Gasteiger partial charge in [0.25, 0.3) is 0 Å². The van der Waals surface area contributed by atoms with E-state index < -0.39 is 7.14 Å². The normalized spacial score (nSPS) is 16.8. The number of unbranched alkanes of at least 4 members (excludes halogenated alkanes) is 5. The second kappa shape index (κ2) is 10.1. The van der Waals surface area contributed by atoms with Crippen molar-refractivity contribution in [3.63, 3.8) is 0 Å². The second-order valence-electron chi connectivity index (χ2n) is 6.28. The van der Waals surface area contributed by atoms with Gasteiger partial charge in [0.15, 0.2) is 0 Å². The third-order valence-electron chi connectivity index (χ3n) is 3.96. The zero-order valence-corrected chi connectivity index (χ0v) is 14.3. The van der Waals surface area contributed by atoms with Crippen LogP contribution in [-0.2, 0) is 4.57 Å². The van der Waals surface area contributed by atoms with Gasteiger partial charge in [-0.2, -0.15) is 0 Å². The zero-order chi connectivity index (χ0) is 14.0. The molecule has 0 rings (SSSR count). The summed E-state index contributed by atoms with van der Waals surface area (Å²) in [6, 6.07) is 0. The fourth-order valence-corrected chi connectivity index (χ4v) is 6.25. The van der Waals surface area contributed by atoms with Crippen LogP contribution in [0.2, 0.25) is 0 Å². The Morgan fingerprint density at radius 3 is 1.94 bits per heavy atom. The summed E-state index contributed by atoms with van der Waals surface area (Å²) in [7, 11) is -1.92. The third-order valence-corrected chi connectivity index (χ3v) is 8.35. The predicted octanol–water partition coefficient (Wildman–Crippen LogP) is 6.16. The van der Waals surface area contributed by atoms with E-state index >= 15 is 0 Å². The van der Waals surface area contributed by atoms with Gasteiger partial charge in [0.05, 0.1) is 7.14 Å². The largest absolute Gasteiger partial charge is 0.323 e. The van der Waals surface area contributed by atoms with Gasteiger partial charge in [-0.25, -0.2) is 0 Å². The van der Waals surface area contributed by atoms with Gasteiger partial charge in [0.2, 0.25) is 0 Å². The number of rotatable bonds is 11. The van der Waals surface area contributed by atoms with Crippen molar-refractivity contribution in [3.8, 4) is 0 Å². The van der Waals surface area contributed by atoms with Gasteiger partial charge in [-0.05, 0) is 18.8 Å². The standard InChI is InChI=1S/C16H35OP/c1-6-8-9-10-11-12-13-18(17,14-15(3)4)16(5)7-2/h15-16H,6-14H2,1-5H3. The molecule has 2 heteroatoms. The Morgan fingerprint density at radius 1 is 0.889 bits per heavy atom. The minimum atomic E-state index is -1.92. The van der Waals surface area contributed by atoms with Crippen LogP contribution >= 0.6 is 7.14 Å². The highest BCUT2D eigenvalue weighted by atomic mass is 31.2. The first-order chi connectivity index (χ1) is 8.46. The quantitative estimate of drug-likeness (QED) is 0.325. The van der Waals surface area contributed by atoms with E-state index in [4.69, 9.17) is 0 Å². The summed E-state index contributed by atoms with van der Waals surface area (Å²) in [6.07, 6.45) is 10.8. The fourth-order valence-electron chi connectivity index (χ4n) is 2.60. The lowest BCUT2D eigenvalue weighted by Crippen LogP contribution is -2.12. The SMILES string of the molecule is CCCCCCCCP(=O)(CC(C)C)C(C)CC. The molecule has 0 fully saturated rings. The summed E-state index contributed by atoms with van der Waals surface area (Å²) in [6.45, 7) is 11.0. The van der Waals surface area contributed by atoms with E-state index in [-0.39, 0.29) is 0 Å². The van der Waals surface area contributed by atoms with Crippen molar-refractivity contribution in [3.05, 3.63) is 0 Å². The van der Waals surface area contributed by atoms with Crippen LogP contribution < -0.4 is 0 Å². The molecule has 0 spiro atoms. The molecular weight excluding hydrogens is 239 g/mol. The summed E-state index contributed by atoms with van der Waals surface area (Å²) in [5.41, 5.74) is 0.426. The lowest BCUT2D eigenvalue weighted by molar-refractivity contribution is 0.547. The molecule has 0 aromatic heterocycles. The van der Waals surface area contributed by atoms with Gasteiger partial charge in [-0.3, -0.25) is 0 Å². The van der Waals surface area contributed by atoms with Crippen LogP contribution in [0.5, 0.6) is 0 Å². The third kappa shape index (κ3) is 7.62. The van der Waals surface area contributed by atoms with Crippen molar-refractivity contribution >= 4 is 7.14 Å². The van der Waals surface area contributed by atoms with E-state index in [2.05, 4.69) is 34.6 Å². The van der Waals surface area contributed by atoms with Crippen LogP contribution in [0.1, 0.15) is 79.6 Å². The lowest BCUT2D eigenvalue weighted by Gasteiger charge is -2.26. The molecule has 110 valence electrons. The van der Waals surface area contributed by atoms with Crippen molar-refractivity contribution in [1.29, 1.82) is 0 Å². The van der Waals surface area contributed by atoms with Crippen molar-refractivity contribution in [2.45, 2.75) is 85.2 Å². The van der Waals surface area contributed by atoms with E-state index in [1.54, 1.807) is 0 Å². The van der Waals surface area contributed by atoms with E-state index in [1.807, 2.05) is 0 Å². The molecule has 0 aliphatic carbocycles. The van der Waals surface area contributed by atoms with E-state index in [0.717, 1.165) is 18.7 Å². The first kappa shape index (κ1) is 18.2. The molecule has 2 unspecified atom stereocenters. The maximum atomic E-state index is 13.0. The van der Waals surface area contributed by atoms with Crippen LogP contribution in [0, 0.1) is 5.92 Å². The van der Waals surface area contributed by atoms with Crippen molar-refractivity contribution in [1.82, 2.24) is 0 Å². The molecule has 18 heavy (non-hydrogen) atoms. The molecule has 0 N–H and O–H groups in total. The maximum absolute atomic E-state index is 13.0. The highest BCUT2D eigenvalue weighted by Crippen LogP contribution is 2.53. The average molecular weight is 274 g/mol. The summed E-state index contributed by atoms with van der Waals surface area (Å²) >= 11 is 0. The lowest BCUT2D eigenvalue weighted by atomic mass is 10.1. The molecule has 2 atom stereocenters. The Bertz CT molecular complexity index is 235. The molecule has 0 aliphatic heterocycles. The minimum Gasteiger partial charge on any atom is -0.323 e. The van der Waals surface area contributed by atoms with Gasteiger partial charge >= 0.3 is 0 Å². The average Bonchev–Trinajstić information content (AvgIpc) is 2.31. The summed E-state index contributed by atoms with van der Waals surface area (Å²) in [5, 5.41) is 0. The van der Waals surface area contributed by atoms with Crippen molar-refractivity contribution in [2.75, 3.05) is 12.3 Å². The molecule has 0 saturated heterocycles. The van der Waals surface area contributed by atoms with E-state index in [0.29, 0.717) is 11.6 Å². The van der Waals surface area contributed by atoms with Crippen LogP contribution in [0.15, 0.2) is 0 Å². The monoisotopic (exact) mass is 274 g/mol. The van der Waals surface area contributed by atoms with Crippen LogP contribution in [-0.4, -0.2) is 18.0 Å². The predicted molar refractivity (Wildman–Crippen MR) is 85.3 cm³/mol. The Kier molecular flexibility index (Phi) is 10.2. The Labute approximate surface area is 116 Å². The van der Waals surface area contributed by atoms with Crippen LogP contribution in [0.3, 0.4) is 0 Å². The van der Waals surface area contributed by atoms with Gasteiger partial charge in [0, 0.05) is 18.0 Å². The van der Waals surface area contributed by atoms with Gasteiger partial charge in [-0.1, -0.05) is 66.7 Å². The van der Waals surface area contributed by atoms with E-state index in [1.165, 1.54) is 38.5 Å². The highest BCUT2D eigenvalue weighted by Gasteiger charge is 2.28. The molecule has 0 aromatic carbocycles. The molecular formula is C16H35OP. The van der Waals surface area contributed by atoms with Crippen LogP contribution in [0.4, 0.5) is 0 Å². The minimum absolute atomic E-state index is 0.426. The Hall–Kier alpha value is 0.230. The van der Waals surface area contributed by atoms with Gasteiger partial charge in [-0.15, -0.1) is 0 Å². The second-order valence-corrected chi connectivity index (χ2v) is 9.88. The molecule has 0 saturated carbocycles. The fraction of sp³-hybridized carbons (Fsp3) is 1.00. The number of hydrogen-bond donors (Lipinski definition) is 0. The first-order valence-corrected chi connectivity index (χ1v) is 10.2. The maximum Gasteiger partial charge on any atom is 0.0906 e. The number of hydrogen-bond acceptors (Lipinski definition) is 1. The Morgan fingerprint density at radius 2 is 1.44 bits per heavy atom. The smallest absolute Gasteiger partial charge is 0.0906 e.